The van der Waals surface area contributed by atoms with Crippen molar-refractivity contribution in [2.75, 3.05) is 18.6 Å². The number of hydrogen-bond acceptors (Lipinski definition) is 5. The Morgan fingerprint density at radius 3 is 2.85 bits per heavy atom. The van der Waals surface area contributed by atoms with E-state index in [0.717, 1.165) is 11.1 Å². The number of pyridine rings is 1. The standard InChI is InChI=1S/C19H20N4O4/c1-27-14-5-2-4-13(12-14)23(11-9-18(25)26)17(24)8-7-16-15-6-3-10-20-19(15)22-21-16/h2-6,10,12H,7-9,11H2,1H3,(H,25,26)(H,20,21,22). The number of carboxylic acid groups (broad SMARTS) is 1. The molecular weight excluding hydrogens is 348 g/mol. The lowest BCUT2D eigenvalue weighted by Gasteiger charge is -2.22. The summed E-state index contributed by atoms with van der Waals surface area (Å²) in [5.74, 6) is -0.533. The van der Waals surface area contributed by atoms with Gasteiger partial charge in [0.15, 0.2) is 5.65 Å². The molecule has 2 aromatic heterocycles. The Hall–Kier alpha value is -3.42. The van der Waals surface area contributed by atoms with Gasteiger partial charge in [0, 0.05) is 42.7 Å². The van der Waals surface area contributed by atoms with Gasteiger partial charge in [-0.15, -0.1) is 0 Å². The fraction of sp³-hybridized carbons (Fsp3) is 0.263. The second-order valence-electron chi connectivity index (χ2n) is 5.96. The molecular formula is C19H20N4O4. The normalized spacial score (nSPS) is 10.7. The van der Waals surface area contributed by atoms with E-state index >= 15 is 0 Å². The first-order chi connectivity index (χ1) is 13.1. The second kappa shape index (κ2) is 8.31. The number of H-pyrrole nitrogens is 1. The average molecular weight is 368 g/mol. The molecule has 0 aliphatic rings. The fourth-order valence-electron chi connectivity index (χ4n) is 2.84. The van der Waals surface area contributed by atoms with Crippen molar-refractivity contribution in [3.8, 4) is 5.75 Å². The minimum Gasteiger partial charge on any atom is -0.497 e. The molecule has 0 unspecified atom stereocenters. The SMILES string of the molecule is COc1cccc(N(CCC(=O)O)C(=O)CCc2n[nH]c3ncccc23)c1. The van der Waals surface area contributed by atoms with Gasteiger partial charge in [0.2, 0.25) is 5.91 Å². The lowest BCUT2D eigenvalue weighted by atomic mass is 10.1. The predicted octanol–water partition coefficient (Wildman–Crippen LogP) is 2.41. The van der Waals surface area contributed by atoms with Gasteiger partial charge in [-0.05, 0) is 24.3 Å². The van der Waals surface area contributed by atoms with Gasteiger partial charge in [-0.2, -0.15) is 5.10 Å². The Bertz CT molecular complexity index is 954. The number of benzene rings is 1. The van der Waals surface area contributed by atoms with Crippen molar-refractivity contribution in [1.29, 1.82) is 0 Å². The van der Waals surface area contributed by atoms with E-state index in [0.29, 0.717) is 23.5 Å². The number of anilines is 1. The van der Waals surface area contributed by atoms with Crippen LogP contribution >= 0.6 is 0 Å². The van der Waals surface area contributed by atoms with Gasteiger partial charge in [-0.3, -0.25) is 14.7 Å². The van der Waals surface area contributed by atoms with E-state index in [2.05, 4.69) is 15.2 Å². The van der Waals surface area contributed by atoms with E-state index < -0.39 is 5.97 Å². The number of amides is 1. The Labute approximate surface area is 155 Å². The summed E-state index contributed by atoms with van der Waals surface area (Å²) < 4.78 is 5.20. The van der Waals surface area contributed by atoms with E-state index in [4.69, 9.17) is 9.84 Å². The van der Waals surface area contributed by atoms with Gasteiger partial charge in [-0.1, -0.05) is 6.07 Å². The maximum atomic E-state index is 12.8. The van der Waals surface area contributed by atoms with Gasteiger partial charge >= 0.3 is 5.97 Å². The lowest BCUT2D eigenvalue weighted by Crippen LogP contribution is -2.33. The van der Waals surface area contributed by atoms with Gasteiger partial charge in [0.05, 0.1) is 19.2 Å². The van der Waals surface area contributed by atoms with Crippen LogP contribution < -0.4 is 9.64 Å². The van der Waals surface area contributed by atoms with E-state index in [1.807, 2.05) is 12.1 Å². The first-order valence-electron chi connectivity index (χ1n) is 8.52. The Morgan fingerprint density at radius 2 is 2.07 bits per heavy atom. The molecule has 140 valence electrons. The Morgan fingerprint density at radius 1 is 1.22 bits per heavy atom. The highest BCUT2D eigenvalue weighted by molar-refractivity contribution is 5.94. The predicted molar refractivity (Wildman–Crippen MR) is 99.8 cm³/mol. The molecule has 0 atom stereocenters. The van der Waals surface area contributed by atoms with Crippen molar-refractivity contribution in [2.24, 2.45) is 0 Å². The zero-order valence-corrected chi connectivity index (χ0v) is 14.9. The molecule has 3 rings (SSSR count). The number of carbonyl (C=O) groups excluding carboxylic acids is 1. The van der Waals surface area contributed by atoms with Crippen LogP contribution in [0.2, 0.25) is 0 Å². The van der Waals surface area contributed by atoms with E-state index in [-0.39, 0.29) is 25.3 Å². The number of aromatic amines is 1. The molecule has 8 heteroatoms. The molecule has 0 saturated heterocycles. The maximum Gasteiger partial charge on any atom is 0.305 e. The maximum absolute atomic E-state index is 12.8. The van der Waals surface area contributed by atoms with Crippen LogP contribution in [0.3, 0.4) is 0 Å². The van der Waals surface area contributed by atoms with Crippen LogP contribution in [0.4, 0.5) is 5.69 Å². The monoisotopic (exact) mass is 368 g/mol. The lowest BCUT2D eigenvalue weighted by molar-refractivity contribution is -0.136. The van der Waals surface area contributed by atoms with Crippen molar-refractivity contribution in [3.05, 3.63) is 48.3 Å². The smallest absolute Gasteiger partial charge is 0.305 e. The van der Waals surface area contributed by atoms with Gasteiger partial charge < -0.3 is 14.7 Å². The molecule has 0 aliphatic heterocycles. The molecule has 2 N–H and O–H groups in total. The van der Waals surface area contributed by atoms with Crippen LogP contribution in [0.15, 0.2) is 42.6 Å². The van der Waals surface area contributed by atoms with Gasteiger partial charge in [0.1, 0.15) is 5.75 Å². The first kappa shape index (κ1) is 18.4. The van der Waals surface area contributed by atoms with E-state index in [1.54, 1.807) is 37.6 Å². The Balaban J connectivity index is 1.76. The molecule has 0 fully saturated rings. The number of ether oxygens (including phenoxy) is 1. The highest BCUT2D eigenvalue weighted by Gasteiger charge is 2.18. The first-order valence-corrected chi connectivity index (χ1v) is 8.52. The third kappa shape index (κ3) is 4.41. The third-order valence-electron chi connectivity index (χ3n) is 4.21. The second-order valence-corrected chi connectivity index (χ2v) is 5.96. The number of hydrogen-bond donors (Lipinski definition) is 2. The van der Waals surface area contributed by atoms with Crippen molar-refractivity contribution < 1.29 is 19.4 Å². The summed E-state index contributed by atoms with van der Waals surface area (Å²) in [6.45, 7) is 0.0875. The molecule has 8 nitrogen and oxygen atoms in total. The molecule has 0 saturated carbocycles. The topological polar surface area (TPSA) is 108 Å². The molecule has 0 spiro atoms. The summed E-state index contributed by atoms with van der Waals surface area (Å²) in [6.07, 6.45) is 2.16. The van der Waals surface area contributed by atoms with Crippen molar-refractivity contribution in [3.63, 3.8) is 0 Å². The van der Waals surface area contributed by atoms with E-state index in [9.17, 15) is 9.59 Å². The molecule has 0 aliphatic carbocycles. The summed E-state index contributed by atoms with van der Waals surface area (Å²) in [5.41, 5.74) is 2.04. The Kier molecular flexibility index (Phi) is 5.65. The number of methoxy groups -OCH3 is 1. The average Bonchev–Trinajstić information content (AvgIpc) is 3.09. The number of carbonyl (C=O) groups is 2. The van der Waals surface area contributed by atoms with Crippen molar-refractivity contribution in [1.82, 2.24) is 15.2 Å². The molecule has 0 radical (unpaired) electrons. The van der Waals surface area contributed by atoms with Crippen LogP contribution in [0.5, 0.6) is 5.75 Å². The molecule has 3 aromatic rings. The van der Waals surface area contributed by atoms with Crippen LogP contribution in [0.25, 0.3) is 11.0 Å². The minimum absolute atomic E-state index is 0.0875. The summed E-state index contributed by atoms with van der Waals surface area (Å²) in [7, 11) is 1.54. The minimum atomic E-state index is -0.958. The fourth-order valence-corrected chi connectivity index (χ4v) is 2.84. The molecule has 2 heterocycles. The van der Waals surface area contributed by atoms with Crippen molar-refractivity contribution >= 4 is 28.6 Å². The van der Waals surface area contributed by atoms with Crippen LogP contribution in [0.1, 0.15) is 18.5 Å². The van der Waals surface area contributed by atoms with Crippen molar-refractivity contribution in [2.45, 2.75) is 19.3 Å². The number of aromatic nitrogens is 3. The summed E-state index contributed by atoms with van der Waals surface area (Å²) in [4.78, 5) is 29.5. The number of aryl methyl sites for hydroxylation is 1. The van der Waals surface area contributed by atoms with Crippen LogP contribution in [-0.4, -0.2) is 45.8 Å². The zero-order chi connectivity index (χ0) is 19.2. The highest BCUT2D eigenvalue weighted by atomic mass is 16.5. The van der Waals surface area contributed by atoms with E-state index in [1.165, 1.54) is 4.90 Å². The van der Waals surface area contributed by atoms with Crippen LogP contribution in [0, 0.1) is 0 Å². The third-order valence-corrected chi connectivity index (χ3v) is 4.21. The number of nitrogens with zero attached hydrogens (tertiary/aromatic N) is 3. The summed E-state index contributed by atoms with van der Waals surface area (Å²) in [5, 5.41) is 17.0. The van der Waals surface area contributed by atoms with Crippen LogP contribution in [-0.2, 0) is 16.0 Å². The number of nitrogens with one attached hydrogen (secondary N) is 1. The number of fused-ring (bicyclic) bond motifs is 1. The van der Waals surface area contributed by atoms with Gasteiger partial charge in [-0.25, -0.2) is 4.98 Å². The largest absolute Gasteiger partial charge is 0.497 e. The molecule has 0 bridgehead atoms. The molecule has 1 aromatic carbocycles. The quantitative estimate of drug-likeness (QED) is 0.632. The number of aliphatic carboxylic acids is 1. The highest BCUT2D eigenvalue weighted by Crippen LogP contribution is 2.23. The number of rotatable bonds is 8. The van der Waals surface area contributed by atoms with Gasteiger partial charge in [0.25, 0.3) is 0 Å². The zero-order valence-electron chi connectivity index (χ0n) is 14.9. The summed E-state index contributed by atoms with van der Waals surface area (Å²) >= 11 is 0. The number of carboxylic acids is 1. The molecule has 1 amide bonds. The molecule has 27 heavy (non-hydrogen) atoms. The summed E-state index contributed by atoms with van der Waals surface area (Å²) in [6, 6.07) is 10.7.